The van der Waals surface area contributed by atoms with Crippen molar-refractivity contribution >= 4 is 5.97 Å². The standard InChI is InChI=1S/C19H30O3/c1-17(12-20)9-4-6-14-13(17)7-8-15-18(14,2)10-5-11-19(15,3)16(21)22/h6,13,15,20H,4-5,7-12H2,1-3H3,(H,21,22)/t13-,15+,17-,18+,19-/m1/s1. The van der Waals surface area contributed by atoms with Gasteiger partial charge in [-0.3, -0.25) is 4.79 Å². The minimum Gasteiger partial charge on any atom is -0.481 e. The number of aliphatic hydroxyl groups excluding tert-OH is 1. The Bertz CT molecular complexity index is 511. The van der Waals surface area contributed by atoms with Crippen molar-refractivity contribution in [1.29, 1.82) is 0 Å². The lowest BCUT2D eigenvalue weighted by molar-refractivity contribution is -0.161. The molecule has 2 saturated carbocycles. The first kappa shape index (κ1) is 16.0. The molecule has 0 spiro atoms. The number of aliphatic hydroxyl groups is 1. The number of carboxylic acids is 1. The SMILES string of the molecule is C[C@]1(CO)CCC=C2[C@H]1CC[C@@H]1[C@](C)(C(=O)O)CCC[C@@]21C. The average Bonchev–Trinajstić information content (AvgIpc) is 2.47. The predicted molar refractivity (Wildman–Crippen MR) is 86.4 cm³/mol. The molecule has 0 radical (unpaired) electrons. The third-order valence-corrected chi connectivity index (χ3v) is 7.48. The maximum absolute atomic E-state index is 12.0. The van der Waals surface area contributed by atoms with E-state index in [2.05, 4.69) is 19.9 Å². The van der Waals surface area contributed by atoms with Crippen molar-refractivity contribution in [3.63, 3.8) is 0 Å². The van der Waals surface area contributed by atoms with Crippen LogP contribution in [0.1, 0.15) is 65.7 Å². The highest BCUT2D eigenvalue weighted by atomic mass is 16.4. The first-order valence-corrected chi connectivity index (χ1v) is 8.83. The summed E-state index contributed by atoms with van der Waals surface area (Å²) in [5, 5.41) is 19.8. The van der Waals surface area contributed by atoms with E-state index in [1.165, 1.54) is 5.57 Å². The van der Waals surface area contributed by atoms with Gasteiger partial charge in [0.2, 0.25) is 0 Å². The van der Waals surface area contributed by atoms with Gasteiger partial charge < -0.3 is 10.2 Å². The fourth-order valence-corrected chi connectivity index (χ4v) is 6.02. The summed E-state index contributed by atoms with van der Waals surface area (Å²) < 4.78 is 0. The molecule has 0 aliphatic heterocycles. The highest BCUT2D eigenvalue weighted by Gasteiger charge is 2.59. The number of carboxylic acid groups (broad SMARTS) is 1. The lowest BCUT2D eigenvalue weighted by Crippen LogP contribution is -2.54. The molecule has 124 valence electrons. The molecule has 5 atom stereocenters. The van der Waals surface area contributed by atoms with Gasteiger partial charge in [-0.25, -0.2) is 0 Å². The summed E-state index contributed by atoms with van der Waals surface area (Å²) in [6.45, 7) is 6.73. The van der Waals surface area contributed by atoms with E-state index in [0.29, 0.717) is 5.92 Å². The number of hydrogen-bond acceptors (Lipinski definition) is 2. The van der Waals surface area contributed by atoms with Crippen LogP contribution in [-0.4, -0.2) is 22.8 Å². The molecule has 2 N–H and O–H groups in total. The van der Waals surface area contributed by atoms with Crippen LogP contribution in [0.2, 0.25) is 0 Å². The molecule has 0 amide bonds. The monoisotopic (exact) mass is 306 g/mol. The van der Waals surface area contributed by atoms with E-state index >= 15 is 0 Å². The number of hydrogen-bond donors (Lipinski definition) is 2. The molecule has 3 rings (SSSR count). The molecule has 0 heterocycles. The quantitative estimate of drug-likeness (QED) is 0.758. The lowest BCUT2D eigenvalue weighted by atomic mass is 9.44. The van der Waals surface area contributed by atoms with Gasteiger partial charge in [-0.15, -0.1) is 0 Å². The van der Waals surface area contributed by atoms with Gasteiger partial charge in [0.1, 0.15) is 0 Å². The Kier molecular flexibility index (Phi) is 3.71. The lowest BCUT2D eigenvalue weighted by Gasteiger charge is -2.59. The molecule has 22 heavy (non-hydrogen) atoms. The van der Waals surface area contributed by atoms with Gasteiger partial charge in [0.15, 0.2) is 0 Å². The van der Waals surface area contributed by atoms with Crippen LogP contribution in [0, 0.1) is 28.1 Å². The fourth-order valence-electron chi connectivity index (χ4n) is 6.02. The van der Waals surface area contributed by atoms with Gasteiger partial charge >= 0.3 is 5.97 Å². The Morgan fingerprint density at radius 2 is 1.95 bits per heavy atom. The molecule has 2 fully saturated rings. The summed E-state index contributed by atoms with van der Waals surface area (Å²) in [6.07, 6.45) is 9.38. The van der Waals surface area contributed by atoms with Crippen molar-refractivity contribution < 1.29 is 15.0 Å². The largest absolute Gasteiger partial charge is 0.481 e. The maximum atomic E-state index is 12.0. The van der Waals surface area contributed by atoms with Crippen LogP contribution in [0.3, 0.4) is 0 Å². The molecule has 0 aromatic rings. The highest BCUT2D eigenvalue weighted by molar-refractivity contribution is 5.75. The Morgan fingerprint density at radius 3 is 2.59 bits per heavy atom. The van der Waals surface area contributed by atoms with Gasteiger partial charge in [0.25, 0.3) is 0 Å². The predicted octanol–water partition coefficient (Wildman–Crippen LogP) is 4.01. The number of fused-ring (bicyclic) bond motifs is 3. The van der Waals surface area contributed by atoms with Gasteiger partial charge in [-0.05, 0) is 68.1 Å². The number of aliphatic carboxylic acids is 1. The minimum atomic E-state index is -0.622. The summed E-state index contributed by atoms with van der Waals surface area (Å²) in [6, 6.07) is 0. The second kappa shape index (κ2) is 5.09. The van der Waals surface area contributed by atoms with Crippen LogP contribution < -0.4 is 0 Å². The second-order valence-electron chi connectivity index (χ2n) is 8.69. The van der Waals surface area contributed by atoms with E-state index in [9.17, 15) is 15.0 Å². The van der Waals surface area contributed by atoms with Gasteiger partial charge in [-0.1, -0.05) is 31.9 Å². The van der Waals surface area contributed by atoms with Crippen LogP contribution in [0.25, 0.3) is 0 Å². The van der Waals surface area contributed by atoms with Crippen molar-refractivity contribution in [2.45, 2.75) is 65.7 Å². The van der Waals surface area contributed by atoms with E-state index in [-0.39, 0.29) is 23.4 Å². The molecule has 0 saturated heterocycles. The molecule has 0 bridgehead atoms. The number of allylic oxidation sites excluding steroid dienone is 2. The zero-order chi connectivity index (χ0) is 16.2. The highest BCUT2D eigenvalue weighted by Crippen LogP contribution is 2.64. The third-order valence-electron chi connectivity index (χ3n) is 7.48. The Balaban J connectivity index is 2.03. The molecule has 3 heteroatoms. The summed E-state index contributed by atoms with van der Waals surface area (Å²) in [4.78, 5) is 12.0. The molecular formula is C19H30O3. The van der Waals surface area contributed by atoms with Crippen molar-refractivity contribution in [2.75, 3.05) is 6.61 Å². The van der Waals surface area contributed by atoms with Gasteiger partial charge in [-0.2, -0.15) is 0 Å². The summed E-state index contributed by atoms with van der Waals surface area (Å²) in [7, 11) is 0. The zero-order valence-electron chi connectivity index (χ0n) is 14.2. The molecule has 0 aromatic heterocycles. The zero-order valence-corrected chi connectivity index (χ0v) is 14.2. The van der Waals surface area contributed by atoms with Crippen LogP contribution >= 0.6 is 0 Å². The summed E-state index contributed by atoms with van der Waals surface area (Å²) >= 11 is 0. The van der Waals surface area contributed by atoms with Crippen molar-refractivity contribution in [3.05, 3.63) is 11.6 Å². The maximum Gasteiger partial charge on any atom is 0.309 e. The topological polar surface area (TPSA) is 57.5 Å². The molecule has 0 aromatic carbocycles. The van der Waals surface area contributed by atoms with Crippen molar-refractivity contribution in [2.24, 2.45) is 28.1 Å². The fraction of sp³-hybridized carbons (Fsp3) is 0.842. The van der Waals surface area contributed by atoms with Gasteiger partial charge in [0.05, 0.1) is 5.41 Å². The first-order valence-electron chi connectivity index (χ1n) is 8.83. The molecular weight excluding hydrogens is 276 g/mol. The minimum absolute atomic E-state index is 0.00512. The van der Waals surface area contributed by atoms with Crippen molar-refractivity contribution in [3.8, 4) is 0 Å². The van der Waals surface area contributed by atoms with E-state index in [1.54, 1.807) is 0 Å². The smallest absolute Gasteiger partial charge is 0.309 e. The van der Waals surface area contributed by atoms with E-state index in [4.69, 9.17) is 0 Å². The Morgan fingerprint density at radius 1 is 1.23 bits per heavy atom. The number of rotatable bonds is 2. The van der Waals surface area contributed by atoms with Crippen LogP contribution in [0.4, 0.5) is 0 Å². The molecule has 0 unspecified atom stereocenters. The molecule has 3 aliphatic carbocycles. The van der Waals surface area contributed by atoms with E-state index in [1.807, 2.05) is 6.92 Å². The molecule has 3 nitrogen and oxygen atoms in total. The number of carbonyl (C=O) groups is 1. The Hall–Kier alpha value is -0.830. The van der Waals surface area contributed by atoms with Gasteiger partial charge in [0, 0.05) is 6.61 Å². The van der Waals surface area contributed by atoms with Crippen molar-refractivity contribution in [1.82, 2.24) is 0 Å². The second-order valence-corrected chi connectivity index (χ2v) is 8.69. The first-order chi connectivity index (χ1) is 10.3. The summed E-state index contributed by atoms with van der Waals surface area (Å²) in [5.41, 5.74) is 0.866. The third kappa shape index (κ3) is 2.01. The normalized spacial score (nSPS) is 48.1. The average molecular weight is 306 g/mol. The van der Waals surface area contributed by atoms with Crippen LogP contribution in [0.15, 0.2) is 11.6 Å². The van der Waals surface area contributed by atoms with E-state index < -0.39 is 11.4 Å². The van der Waals surface area contributed by atoms with E-state index in [0.717, 1.165) is 44.9 Å². The van der Waals surface area contributed by atoms with Crippen LogP contribution in [-0.2, 0) is 4.79 Å². The summed E-state index contributed by atoms with van der Waals surface area (Å²) in [5.74, 6) is 0.0432. The Labute approximate surface area is 133 Å². The molecule has 3 aliphatic rings. The van der Waals surface area contributed by atoms with Crippen LogP contribution in [0.5, 0.6) is 0 Å².